The van der Waals surface area contributed by atoms with Gasteiger partial charge in [-0.25, -0.2) is 0 Å². The summed E-state index contributed by atoms with van der Waals surface area (Å²) in [5, 5.41) is 2.16. The topological polar surface area (TPSA) is 42.0 Å². The van der Waals surface area contributed by atoms with Gasteiger partial charge in [-0.3, -0.25) is 9.69 Å². The van der Waals surface area contributed by atoms with E-state index in [0.717, 1.165) is 32.5 Å². The smallest absolute Gasteiger partial charge is 0.248 e. The van der Waals surface area contributed by atoms with Crippen molar-refractivity contribution in [2.24, 2.45) is 0 Å². The highest BCUT2D eigenvalue weighted by Crippen LogP contribution is 2.37. The summed E-state index contributed by atoms with van der Waals surface area (Å²) in [5.74, 6) is 0.00664. The molecule has 0 bridgehead atoms. The van der Waals surface area contributed by atoms with E-state index in [9.17, 15) is 4.79 Å². The van der Waals surface area contributed by atoms with Crippen LogP contribution in [0.3, 0.4) is 0 Å². The third kappa shape index (κ3) is 3.94. The summed E-state index contributed by atoms with van der Waals surface area (Å²) in [6.07, 6.45) is 1.99. The molecule has 2 saturated heterocycles. The van der Waals surface area contributed by atoms with Crippen LogP contribution >= 0.6 is 11.3 Å². The van der Waals surface area contributed by atoms with Crippen LogP contribution in [0.15, 0.2) is 11.4 Å². The molecular weight excluding hydrogens is 312 g/mol. The first-order valence-electron chi connectivity index (χ1n) is 8.18. The number of carbonyl (C=O) groups excluding carboxylic acids is 1. The molecule has 0 radical (unpaired) electrons. The fourth-order valence-corrected chi connectivity index (χ4v) is 4.29. The van der Waals surface area contributed by atoms with Crippen molar-refractivity contribution >= 4 is 17.2 Å². The molecule has 0 aromatic carbocycles. The van der Waals surface area contributed by atoms with Gasteiger partial charge in [0.2, 0.25) is 5.91 Å². The van der Waals surface area contributed by atoms with Gasteiger partial charge in [-0.1, -0.05) is 0 Å². The third-order valence-corrected chi connectivity index (χ3v) is 5.85. The lowest BCUT2D eigenvalue weighted by Crippen LogP contribution is -2.33. The summed E-state index contributed by atoms with van der Waals surface area (Å²) >= 11 is 1.83. The summed E-state index contributed by atoms with van der Waals surface area (Å²) in [4.78, 5) is 17.1. The fourth-order valence-electron chi connectivity index (χ4n) is 3.34. The first-order valence-corrected chi connectivity index (χ1v) is 9.06. The quantitative estimate of drug-likeness (QED) is 0.822. The summed E-state index contributed by atoms with van der Waals surface area (Å²) in [7, 11) is 3.50. The van der Waals surface area contributed by atoms with Gasteiger partial charge in [0.1, 0.15) is 6.61 Å². The van der Waals surface area contributed by atoms with E-state index in [0.29, 0.717) is 6.61 Å². The van der Waals surface area contributed by atoms with E-state index in [2.05, 4.69) is 23.3 Å². The molecule has 0 saturated carbocycles. The predicted octanol–water partition coefficient (Wildman–Crippen LogP) is 1.89. The minimum absolute atomic E-state index is 0.00664. The number of ether oxygens (including phenoxy) is 2. The molecule has 2 aliphatic rings. The van der Waals surface area contributed by atoms with Crippen LogP contribution in [-0.2, 0) is 20.8 Å². The van der Waals surface area contributed by atoms with E-state index in [1.807, 2.05) is 11.3 Å². The summed E-state index contributed by atoms with van der Waals surface area (Å²) < 4.78 is 11.8. The number of likely N-dealkylation sites (tertiary alicyclic amines) is 1. The van der Waals surface area contributed by atoms with Crippen molar-refractivity contribution in [3.63, 3.8) is 0 Å². The van der Waals surface area contributed by atoms with Crippen LogP contribution in [0.5, 0.6) is 0 Å². The second-order valence-electron chi connectivity index (χ2n) is 6.91. The molecule has 3 heterocycles. The molecule has 6 heteroatoms. The SMILES string of the molecule is Cc1ccsc1CN1CC[C@]2(C[C@H](OCC(=O)N(C)C)CO2)C1. The molecule has 1 spiro atoms. The molecule has 2 fully saturated rings. The zero-order valence-corrected chi connectivity index (χ0v) is 15.0. The lowest BCUT2D eigenvalue weighted by atomic mass is 9.98. The Morgan fingerprint density at radius 1 is 1.57 bits per heavy atom. The van der Waals surface area contributed by atoms with Crippen molar-refractivity contribution in [3.8, 4) is 0 Å². The average Bonchev–Trinajstić information content (AvgIpc) is 3.21. The number of rotatable bonds is 5. The standard InChI is InChI=1S/C17H26N2O3S/c1-13-4-7-23-15(13)9-19-6-5-17(12-19)8-14(10-22-17)21-11-16(20)18(2)3/h4,7,14H,5-6,8-12H2,1-3H3/t14-,17-/m0/s1. The van der Waals surface area contributed by atoms with E-state index >= 15 is 0 Å². The number of nitrogens with zero attached hydrogens (tertiary/aromatic N) is 2. The largest absolute Gasteiger partial charge is 0.371 e. The lowest BCUT2D eigenvalue weighted by molar-refractivity contribution is -0.135. The van der Waals surface area contributed by atoms with Crippen molar-refractivity contribution in [1.82, 2.24) is 9.80 Å². The lowest BCUT2D eigenvalue weighted by Gasteiger charge is -2.23. The summed E-state index contributed by atoms with van der Waals surface area (Å²) in [5.41, 5.74) is 1.31. The number of amides is 1. The minimum Gasteiger partial charge on any atom is -0.371 e. The predicted molar refractivity (Wildman–Crippen MR) is 90.7 cm³/mol. The van der Waals surface area contributed by atoms with Crippen molar-refractivity contribution in [1.29, 1.82) is 0 Å². The molecule has 2 atom stereocenters. The van der Waals surface area contributed by atoms with Gasteiger partial charge in [0, 0.05) is 45.0 Å². The van der Waals surface area contributed by atoms with Crippen molar-refractivity contribution < 1.29 is 14.3 Å². The average molecular weight is 338 g/mol. The van der Waals surface area contributed by atoms with Crippen LogP contribution in [0.2, 0.25) is 0 Å². The zero-order valence-electron chi connectivity index (χ0n) is 14.2. The van der Waals surface area contributed by atoms with E-state index < -0.39 is 0 Å². The van der Waals surface area contributed by atoms with E-state index in [1.54, 1.807) is 19.0 Å². The highest BCUT2D eigenvalue weighted by molar-refractivity contribution is 7.10. The second-order valence-corrected chi connectivity index (χ2v) is 7.91. The number of carbonyl (C=O) groups is 1. The first kappa shape index (κ1) is 16.9. The third-order valence-electron chi connectivity index (χ3n) is 4.85. The molecule has 128 valence electrons. The number of aryl methyl sites for hydroxylation is 1. The van der Waals surface area contributed by atoms with Gasteiger partial charge in [0.05, 0.1) is 18.3 Å². The zero-order chi connectivity index (χ0) is 16.4. The van der Waals surface area contributed by atoms with Crippen LogP contribution in [0, 0.1) is 6.92 Å². The van der Waals surface area contributed by atoms with Crippen LogP contribution in [0.4, 0.5) is 0 Å². The number of likely N-dealkylation sites (N-methyl/N-ethyl adjacent to an activating group) is 1. The Labute approximate surface area is 142 Å². The van der Waals surface area contributed by atoms with Crippen molar-refractivity contribution in [2.75, 3.05) is 40.4 Å². The molecule has 0 unspecified atom stereocenters. The Kier molecular flexibility index (Phi) is 5.06. The Balaban J connectivity index is 1.48. The highest BCUT2D eigenvalue weighted by Gasteiger charge is 2.46. The Bertz CT molecular complexity index is 560. The fraction of sp³-hybridized carbons (Fsp3) is 0.706. The number of hydrogen-bond donors (Lipinski definition) is 0. The summed E-state index contributed by atoms with van der Waals surface area (Å²) in [6, 6.07) is 2.18. The molecule has 3 rings (SSSR count). The van der Waals surface area contributed by atoms with Gasteiger partial charge in [0.25, 0.3) is 0 Å². The van der Waals surface area contributed by atoms with Crippen LogP contribution in [0.1, 0.15) is 23.3 Å². The molecule has 2 aliphatic heterocycles. The molecule has 1 aromatic heterocycles. The normalized spacial score (nSPS) is 27.9. The van der Waals surface area contributed by atoms with Gasteiger partial charge in [-0.2, -0.15) is 0 Å². The van der Waals surface area contributed by atoms with Gasteiger partial charge < -0.3 is 14.4 Å². The molecule has 5 nitrogen and oxygen atoms in total. The van der Waals surface area contributed by atoms with Gasteiger partial charge in [0.15, 0.2) is 0 Å². The Morgan fingerprint density at radius 3 is 3.09 bits per heavy atom. The highest BCUT2D eigenvalue weighted by atomic mass is 32.1. The molecular formula is C17H26N2O3S. The van der Waals surface area contributed by atoms with Crippen LogP contribution in [-0.4, -0.2) is 67.8 Å². The van der Waals surface area contributed by atoms with Gasteiger partial charge in [-0.05, 0) is 30.4 Å². The maximum Gasteiger partial charge on any atom is 0.248 e. The molecule has 1 aromatic rings. The maximum atomic E-state index is 11.6. The molecule has 23 heavy (non-hydrogen) atoms. The Hall–Kier alpha value is -0.950. The monoisotopic (exact) mass is 338 g/mol. The van der Waals surface area contributed by atoms with E-state index in [1.165, 1.54) is 10.4 Å². The van der Waals surface area contributed by atoms with Gasteiger partial charge in [-0.15, -0.1) is 11.3 Å². The van der Waals surface area contributed by atoms with E-state index in [4.69, 9.17) is 9.47 Å². The van der Waals surface area contributed by atoms with Crippen LogP contribution in [0.25, 0.3) is 0 Å². The minimum atomic E-state index is -0.0724. The van der Waals surface area contributed by atoms with Crippen molar-refractivity contribution in [2.45, 2.75) is 38.0 Å². The number of hydrogen-bond acceptors (Lipinski definition) is 5. The molecule has 1 amide bonds. The number of thiophene rings is 1. The van der Waals surface area contributed by atoms with E-state index in [-0.39, 0.29) is 24.2 Å². The first-order chi connectivity index (χ1) is 11.0. The van der Waals surface area contributed by atoms with Crippen molar-refractivity contribution in [3.05, 3.63) is 21.9 Å². The molecule has 0 N–H and O–H groups in total. The van der Waals surface area contributed by atoms with Crippen LogP contribution < -0.4 is 0 Å². The Morgan fingerprint density at radius 2 is 2.39 bits per heavy atom. The maximum absolute atomic E-state index is 11.6. The van der Waals surface area contributed by atoms with Gasteiger partial charge >= 0.3 is 0 Å². The summed E-state index contributed by atoms with van der Waals surface area (Å²) in [6.45, 7) is 5.98. The molecule has 0 aliphatic carbocycles. The second kappa shape index (κ2) is 6.89.